The molecule has 0 amide bonds. The number of aliphatic hydroxyl groups is 1. The van der Waals surface area contributed by atoms with E-state index >= 15 is 0 Å². The molecule has 1 saturated carbocycles. The summed E-state index contributed by atoms with van der Waals surface area (Å²) >= 11 is 0. The SMILES string of the molecule is CC.CC1(O)CC2(COC2)C1. The van der Waals surface area contributed by atoms with Crippen LogP contribution in [-0.4, -0.2) is 23.9 Å². The standard InChI is InChI=1S/C7H12O2.C2H6/c1-6(8)2-7(3-6)4-9-5-7;1-2/h8H,2-5H2,1H3;1-2H3. The highest BCUT2D eigenvalue weighted by Gasteiger charge is 2.55. The van der Waals surface area contributed by atoms with Gasteiger partial charge in [0.1, 0.15) is 0 Å². The molecule has 0 aromatic heterocycles. The highest BCUT2D eigenvalue weighted by Crippen LogP contribution is 2.52. The van der Waals surface area contributed by atoms with Crippen LogP contribution in [0.2, 0.25) is 0 Å². The van der Waals surface area contributed by atoms with Gasteiger partial charge in [0.25, 0.3) is 0 Å². The maximum Gasteiger partial charge on any atom is 0.0633 e. The molecule has 11 heavy (non-hydrogen) atoms. The Bertz CT molecular complexity index is 126. The van der Waals surface area contributed by atoms with Gasteiger partial charge >= 0.3 is 0 Å². The fourth-order valence-electron chi connectivity index (χ4n) is 2.16. The van der Waals surface area contributed by atoms with Crippen LogP contribution >= 0.6 is 0 Å². The predicted octanol–water partition coefficient (Wildman–Crippen LogP) is 1.57. The van der Waals surface area contributed by atoms with Crippen molar-refractivity contribution in [2.45, 2.75) is 39.2 Å². The summed E-state index contributed by atoms with van der Waals surface area (Å²) in [5, 5.41) is 9.36. The molecule has 1 aliphatic carbocycles. The Labute approximate surface area is 68.6 Å². The Morgan fingerprint density at radius 3 is 1.73 bits per heavy atom. The molecule has 0 atom stereocenters. The van der Waals surface area contributed by atoms with E-state index in [1.165, 1.54) is 0 Å². The second-order valence-electron chi connectivity index (χ2n) is 3.84. The molecule has 0 unspecified atom stereocenters. The topological polar surface area (TPSA) is 29.5 Å². The summed E-state index contributed by atoms with van der Waals surface area (Å²) in [6.45, 7) is 7.66. The van der Waals surface area contributed by atoms with Gasteiger partial charge in [-0.25, -0.2) is 0 Å². The van der Waals surface area contributed by atoms with Gasteiger partial charge in [0.05, 0.1) is 18.8 Å². The zero-order valence-corrected chi connectivity index (χ0v) is 7.68. The molecule has 1 heterocycles. The van der Waals surface area contributed by atoms with Crippen LogP contribution in [0.1, 0.15) is 33.6 Å². The van der Waals surface area contributed by atoms with Crippen LogP contribution in [-0.2, 0) is 4.74 Å². The van der Waals surface area contributed by atoms with Crippen molar-refractivity contribution in [2.24, 2.45) is 5.41 Å². The summed E-state index contributed by atoms with van der Waals surface area (Å²) in [6.07, 6.45) is 1.89. The van der Waals surface area contributed by atoms with Crippen LogP contribution in [0.3, 0.4) is 0 Å². The largest absolute Gasteiger partial charge is 0.390 e. The highest BCUT2D eigenvalue weighted by molar-refractivity contribution is 5.04. The molecule has 66 valence electrons. The van der Waals surface area contributed by atoms with E-state index in [9.17, 15) is 5.11 Å². The molecule has 0 aromatic rings. The maximum absolute atomic E-state index is 9.36. The molecule has 1 spiro atoms. The molecule has 2 fully saturated rings. The third-order valence-corrected chi connectivity index (χ3v) is 2.33. The first-order valence-electron chi connectivity index (χ1n) is 4.42. The van der Waals surface area contributed by atoms with Crippen molar-refractivity contribution in [3.63, 3.8) is 0 Å². The molecular formula is C9H18O2. The average molecular weight is 158 g/mol. The van der Waals surface area contributed by atoms with Crippen molar-refractivity contribution in [3.05, 3.63) is 0 Å². The van der Waals surface area contributed by atoms with E-state index in [0.717, 1.165) is 26.1 Å². The van der Waals surface area contributed by atoms with Crippen molar-refractivity contribution >= 4 is 0 Å². The van der Waals surface area contributed by atoms with E-state index in [4.69, 9.17) is 4.74 Å². The van der Waals surface area contributed by atoms with E-state index in [1.807, 2.05) is 20.8 Å². The molecule has 0 aromatic carbocycles. The first-order valence-corrected chi connectivity index (χ1v) is 4.42. The molecule has 0 radical (unpaired) electrons. The minimum Gasteiger partial charge on any atom is -0.390 e. The predicted molar refractivity (Wildman–Crippen MR) is 44.5 cm³/mol. The minimum absolute atomic E-state index is 0.371. The van der Waals surface area contributed by atoms with Gasteiger partial charge in [-0.3, -0.25) is 0 Å². The quantitative estimate of drug-likeness (QED) is 0.580. The Hall–Kier alpha value is -0.0800. The van der Waals surface area contributed by atoms with Gasteiger partial charge in [0, 0.05) is 5.41 Å². The molecular weight excluding hydrogens is 140 g/mol. The van der Waals surface area contributed by atoms with Crippen LogP contribution in [0.4, 0.5) is 0 Å². The van der Waals surface area contributed by atoms with Crippen LogP contribution in [0.25, 0.3) is 0 Å². The van der Waals surface area contributed by atoms with Gasteiger partial charge in [-0.2, -0.15) is 0 Å². The maximum atomic E-state index is 9.36. The van der Waals surface area contributed by atoms with Gasteiger partial charge in [-0.1, -0.05) is 13.8 Å². The van der Waals surface area contributed by atoms with Crippen LogP contribution < -0.4 is 0 Å². The molecule has 1 aliphatic heterocycles. The van der Waals surface area contributed by atoms with Crippen molar-refractivity contribution < 1.29 is 9.84 Å². The first kappa shape index (κ1) is 9.01. The fourth-order valence-corrected chi connectivity index (χ4v) is 2.16. The van der Waals surface area contributed by atoms with Crippen LogP contribution in [0, 0.1) is 5.41 Å². The van der Waals surface area contributed by atoms with Crippen LogP contribution in [0.15, 0.2) is 0 Å². The third kappa shape index (κ3) is 1.57. The number of ether oxygens (including phenoxy) is 1. The smallest absolute Gasteiger partial charge is 0.0633 e. The number of hydrogen-bond acceptors (Lipinski definition) is 2. The molecule has 0 bridgehead atoms. The molecule has 1 saturated heterocycles. The van der Waals surface area contributed by atoms with Gasteiger partial charge in [-0.05, 0) is 19.8 Å². The van der Waals surface area contributed by atoms with E-state index in [-0.39, 0.29) is 5.60 Å². The second-order valence-corrected chi connectivity index (χ2v) is 3.84. The summed E-state index contributed by atoms with van der Waals surface area (Å²) in [5.41, 5.74) is 0.0350. The van der Waals surface area contributed by atoms with Gasteiger partial charge < -0.3 is 9.84 Å². The zero-order valence-electron chi connectivity index (χ0n) is 7.68. The molecule has 2 aliphatic rings. The Balaban J connectivity index is 0.000000281. The summed E-state index contributed by atoms with van der Waals surface area (Å²) in [7, 11) is 0. The van der Waals surface area contributed by atoms with E-state index in [1.54, 1.807) is 0 Å². The minimum atomic E-state index is -0.371. The first-order chi connectivity index (χ1) is 5.12. The van der Waals surface area contributed by atoms with Crippen LogP contribution in [0.5, 0.6) is 0 Å². The lowest BCUT2D eigenvalue weighted by molar-refractivity contribution is -0.233. The van der Waals surface area contributed by atoms with Gasteiger partial charge in [-0.15, -0.1) is 0 Å². The van der Waals surface area contributed by atoms with Crippen molar-refractivity contribution in [1.29, 1.82) is 0 Å². The Kier molecular flexibility index (Phi) is 2.26. The summed E-state index contributed by atoms with van der Waals surface area (Å²) in [6, 6.07) is 0. The van der Waals surface area contributed by atoms with Gasteiger partial charge in [0.2, 0.25) is 0 Å². The lowest BCUT2D eigenvalue weighted by Crippen LogP contribution is -2.59. The molecule has 2 nitrogen and oxygen atoms in total. The summed E-state index contributed by atoms with van der Waals surface area (Å²) in [5.74, 6) is 0. The average Bonchev–Trinajstić information content (AvgIpc) is 1.83. The fraction of sp³-hybridized carbons (Fsp3) is 1.00. The van der Waals surface area contributed by atoms with E-state index < -0.39 is 0 Å². The molecule has 2 heteroatoms. The lowest BCUT2D eigenvalue weighted by Gasteiger charge is -2.56. The third-order valence-electron chi connectivity index (χ3n) is 2.33. The van der Waals surface area contributed by atoms with Crippen molar-refractivity contribution in [1.82, 2.24) is 0 Å². The number of hydrogen-bond donors (Lipinski definition) is 1. The monoisotopic (exact) mass is 158 g/mol. The Morgan fingerprint density at radius 2 is 1.64 bits per heavy atom. The summed E-state index contributed by atoms with van der Waals surface area (Å²) in [4.78, 5) is 0. The Morgan fingerprint density at radius 1 is 1.18 bits per heavy atom. The van der Waals surface area contributed by atoms with Crippen molar-refractivity contribution in [2.75, 3.05) is 13.2 Å². The molecule has 2 rings (SSSR count). The highest BCUT2D eigenvalue weighted by atomic mass is 16.5. The zero-order chi connectivity index (χ0) is 8.54. The normalized spacial score (nSPS) is 29.5. The molecule has 1 N–H and O–H groups in total. The van der Waals surface area contributed by atoms with E-state index in [2.05, 4.69) is 0 Å². The van der Waals surface area contributed by atoms with E-state index in [0.29, 0.717) is 5.41 Å². The van der Waals surface area contributed by atoms with Gasteiger partial charge in [0.15, 0.2) is 0 Å². The van der Waals surface area contributed by atoms with Crippen molar-refractivity contribution in [3.8, 4) is 0 Å². The lowest BCUT2D eigenvalue weighted by atomic mass is 9.59. The second kappa shape index (κ2) is 2.76. The summed E-state index contributed by atoms with van der Waals surface area (Å²) < 4.78 is 5.06. The number of rotatable bonds is 0.